The maximum Gasteiger partial charge on any atom is 0.222 e. The first-order valence-electron chi connectivity index (χ1n) is 4.30. The van der Waals surface area contributed by atoms with E-state index in [1.165, 1.54) is 0 Å². The topological polar surface area (TPSA) is 56.8 Å². The van der Waals surface area contributed by atoms with Crippen molar-refractivity contribution in [2.24, 2.45) is 10.9 Å². The third kappa shape index (κ3) is 7.34. The number of unbranched alkanes of at least 4 members (excludes halogenated alkanes) is 1. The molecule has 2 N–H and O–H groups in total. The first-order chi connectivity index (χ1) is 5.81. The van der Waals surface area contributed by atoms with Gasteiger partial charge in [0, 0.05) is 6.92 Å². The van der Waals surface area contributed by atoms with Gasteiger partial charge in [0.25, 0.3) is 0 Å². The highest BCUT2D eigenvalue weighted by Gasteiger charge is 1.89. The second-order valence-electron chi connectivity index (χ2n) is 2.37. The van der Waals surface area contributed by atoms with Crippen LogP contribution in [0, 0.1) is 0 Å². The molecule has 4 nitrogen and oxygen atoms in total. The molecule has 0 bridgehead atoms. The van der Waals surface area contributed by atoms with Gasteiger partial charge >= 0.3 is 0 Å². The van der Waals surface area contributed by atoms with Gasteiger partial charge in [0.2, 0.25) is 5.90 Å². The lowest BCUT2D eigenvalue weighted by molar-refractivity contribution is 0.129. The van der Waals surface area contributed by atoms with Crippen LogP contribution >= 0.6 is 0 Å². The maximum atomic E-state index is 5.30. The standard InChI is InChI=1S/C8H18N2O2/c1-3-11-8(2)10-12-7-5-4-6-9/h3-7,9H2,1-2H3/b10-8+. The second kappa shape index (κ2) is 8.33. The van der Waals surface area contributed by atoms with Crippen molar-refractivity contribution in [3.8, 4) is 0 Å². The van der Waals surface area contributed by atoms with Crippen LogP contribution in [-0.2, 0) is 9.57 Å². The van der Waals surface area contributed by atoms with E-state index in [9.17, 15) is 0 Å². The van der Waals surface area contributed by atoms with Crippen LogP contribution in [0.25, 0.3) is 0 Å². The molecule has 4 heteroatoms. The van der Waals surface area contributed by atoms with E-state index in [4.69, 9.17) is 15.3 Å². The van der Waals surface area contributed by atoms with Gasteiger partial charge in [-0.25, -0.2) is 0 Å². The van der Waals surface area contributed by atoms with Crippen LogP contribution in [0.4, 0.5) is 0 Å². The van der Waals surface area contributed by atoms with Gasteiger partial charge in [-0.2, -0.15) is 0 Å². The van der Waals surface area contributed by atoms with Crippen LogP contribution in [0.5, 0.6) is 0 Å². The molecular weight excluding hydrogens is 156 g/mol. The lowest BCUT2D eigenvalue weighted by Gasteiger charge is -2.01. The first-order valence-corrected chi connectivity index (χ1v) is 4.30. The van der Waals surface area contributed by atoms with Gasteiger partial charge in [-0.3, -0.25) is 0 Å². The van der Waals surface area contributed by atoms with Crippen molar-refractivity contribution in [2.45, 2.75) is 26.7 Å². The summed E-state index contributed by atoms with van der Waals surface area (Å²) in [6, 6.07) is 0. The summed E-state index contributed by atoms with van der Waals surface area (Å²) < 4.78 is 5.05. The Morgan fingerprint density at radius 1 is 1.42 bits per heavy atom. The number of oxime groups is 1. The van der Waals surface area contributed by atoms with Gasteiger partial charge in [0.15, 0.2) is 0 Å². The second-order valence-corrected chi connectivity index (χ2v) is 2.37. The van der Waals surface area contributed by atoms with Gasteiger partial charge in [0.05, 0.1) is 6.61 Å². The molecule has 0 saturated carbocycles. The first kappa shape index (κ1) is 11.2. The van der Waals surface area contributed by atoms with Crippen molar-refractivity contribution < 1.29 is 9.57 Å². The summed E-state index contributed by atoms with van der Waals surface area (Å²) >= 11 is 0. The molecule has 0 aliphatic carbocycles. The molecule has 0 aromatic heterocycles. The van der Waals surface area contributed by atoms with Crippen molar-refractivity contribution in [3.63, 3.8) is 0 Å². The quantitative estimate of drug-likeness (QED) is 0.284. The summed E-state index contributed by atoms with van der Waals surface area (Å²) in [5.41, 5.74) is 5.30. The Labute approximate surface area is 73.7 Å². The van der Waals surface area contributed by atoms with Crippen LogP contribution in [-0.4, -0.2) is 25.7 Å². The highest BCUT2D eigenvalue weighted by atomic mass is 16.6. The van der Waals surface area contributed by atoms with E-state index in [1.807, 2.05) is 6.92 Å². The van der Waals surface area contributed by atoms with E-state index in [0.29, 0.717) is 25.7 Å². The fraction of sp³-hybridized carbons (Fsp3) is 0.875. The van der Waals surface area contributed by atoms with Gasteiger partial charge in [-0.15, -0.1) is 0 Å². The molecule has 0 heterocycles. The molecule has 0 atom stereocenters. The summed E-state index contributed by atoms with van der Waals surface area (Å²) in [4.78, 5) is 4.96. The zero-order valence-electron chi connectivity index (χ0n) is 7.88. The fourth-order valence-electron chi connectivity index (χ4n) is 0.683. The normalized spacial score (nSPS) is 11.4. The fourth-order valence-corrected chi connectivity index (χ4v) is 0.683. The predicted octanol–water partition coefficient (Wildman–Crippen LogP) is 1.11. The summed E-state index contributed by atoms with van der Waals surface area (Å²) in [6.45, 7) is 5.63. The highest BCUT2D eigenvalue weighted by molar-refractivity contribution is 5.72. The minimum absolute atomic E-state index is 0.574. The van der Waals surface area contributed by atoms with Gasteiger partial charge < -0.3 is 15.3 Å². The van der Waals surface area contributed by atoms with E-state index < -0.39 is 0 Å². The maximum absolute atomic E-state index is 5.30. The Bertz CT molecular complexity index is 126. The van der Waals surface area contributed by atoms with E-state index in [2.05, 4.69) is 5.16 Å². The Kier molecular flexibility index (Phi) is 7.79. The molecule has 72 valence electrons. The lowest BCUT2D eigenvalue weighted by atomic mass is 10.3. The molecule has 0 unspecified atom stereocenters. The van der Waals surface area contributed by atoms with Crippen LogP contribution in [0.1, 0.15) is 26.7 Å². The molecule has 0 aliphatic rings. The van der Waals surface area contributed by atoms with Crippen molar-refractivity contribution >= 4 is 5.90 Å². The Morgan fingerprint density at radius 3 is 2.75 bits per heavy atom. The van der Waals surface area contributed by atoms with E-state index >= 15 is 0 Å². The number of hydrogen-bond acceptors (Lipinski definition) is 4. The largest absolute Gasteiger partial charge is 0.479 e. The molecule has 0 spiro atoms. The summed E-state index contributed by atoms with van der Waals surface area (Å²) in [5, 5.41) is 3.74. The molecule has 0 saturated heterocycles. The SMILES string of the molecule is CCO/C(C)=N/OCCCCN. The number of nitrogens with zero attached hydrogens (tertiary/aromatic N) is 1. The zero-order chi connectivity index (χ0) is 9.23. The van der Waals surface area contributed by atoms with Gasteiger partial charge in [-0.1, -0.05) is 5.16 Å². The van der Waals surface area contributed by atoms with Crippen LogP contribution < -0.4 is 5.73 Å². The monoisotopic (exact) mass is 174 g/mol. The number of ether oxygens (including phenoxy) is 1. The van der Waals surface area contributed by atoms with Crippen molar-refractivity contribution in [1.29, 1.82) is 0 Å². The molecule has 0 aromatic rings. The van der Waals surface area contributed by atoms with E-state index in [1.54, 1.807) is 6.92 Å². The molecule has 0 radical (unpaired) electrons. The zero-order valence-corrected chi connectivity index (χ0v) is 7.88. The minimum atomic E-state index is 0.574. The van der Waals surface area contributed by atoms with Gasteiger partial charge in [0.1, 0.15) is 6.61 Å². The molecule has 0 aromatic carbocycles. The molecule has 12 heavy (non-hydrogen) atoms. The van der Waals surface area contributed by atoms with Crippen molar-refractivity contribution in [1.82, 2.24) is 0 Å². The molecule has 0 fully saturated rings. The number of rotatable bonds is 6. The Hall–Kier alpha value is -0.770. The predicted molar refractivity (Wildman–Crippen MR) is 49.0 cm³/mol. The average molecular weight is 174 g/mol. The summed E-state index contributed by atoms with van der Waals surface area (Å²) in [5.74, 6) is 0.574. The van der Waals surface area contributed by atoms with Gasteiger partial charge in [-0.05, 0) is 26.3 Å². The smallest absolute Gasteiger partial charge is 0.222 e. The molecule has 0 amide bonds. The van der Waals surface area contributed by atoms with E-state index in [-0.39, 0.29) is 0 Å². The van der Waals surface area contributed by atoms with Crippen LogP contribution in [0.2, 0.25) is 0 Å². The Balaban J connectivity index is 3.21. The van der Waals surface area contributed by atoms with Crippen LogP contribution in [0.3, 0.4) is 0 Å². The Morgan fingerprint density at radius 2 is 2.17 bits per heavy atom. The summed E-state index contributed by atoms with van der Waals surface area (Å²) in [7, 11) is 0. The molecular formula is C8H18N2O2. The molecule has 0 rings (SSSR count). The highest BCUT2D eigenvalue weighted by Crippen LogP contribution is 1.89. The van der Waals surface area contributed by atoms with E-state index in [0.717, 1.165) is 12.8 Å². The average Bonchev–Trinajstić information content (AvgIpc) is 2.05. The third-order valence-electron chi connectivity index (χ3n) is 1.24. The minimum Gasteiger partial charge on any atom is -0.479 e. The molecule has 0 aliphatic heterocycles. The third-order valence-corrected chi connectivity index (χ3v) is 1.24. The number of nitrogens with two attached hydrogens (primary N) is 1. The summed E-state index contributed by atoms with van der Waals surface area (Å²) in [6.07, 6.45) is 1.92. The number of hydrogen-bond donors (Lipinski definition) is 1. The van der Waals surface area contributed by atoms with Crippen molar-refractivity contribution in [3.05, 3.63) is 0 Å². The van der Waals surface area contributed by atoms with Crippen LogP contribution in [0.15, 0.2) is 5.16 Å². The lowest BCUT2D eigenvalue weighted by Crippen LogP contribution is -2.02. The van der Waals surface area contributed by atoms with Crippen molar-refractivity contribution in [2.75, 3.05) is 19.8 Å².